The van der Waals surface area contributed by atoms with Crippen molar-refractivity contribution in [3.63, 3.8) is 0 Å². The molecule has 0 unspecified atom stereocenters. The fraction of sp³-hybridized carbons (Fsp3) is 0.318. The Morgan fingerprint density at radius 1 is 1.14 bits per heavy atom. The molecule has 4 heterocycles. The third-order valence-corrected chi connectivity index (χ3v) is 5.80. The second-order valence-corrected chi connectivity index (χ2v) is 8.33. The summed E-state index contributed by atoms with van der Waals surface area (Å²) < 4.78 is 18.5. The molecule has 4 aromatic heterocycles. The second-order valence-electron chi connectivity index (χ2n) is 7.90. The van der Waals surface area contributed by atoms with E-state index in [9.17, 15) is 4.39 Å². The molecule has 5 rings (SSSR count). The summed E-state index contributed by atoms with van der Waals surface area (Å²) in [4.78, 5) is 9.12. The van der Waals surface area contributed by atoms with Crippen molar-refractivity contribution in [3.05, 3.63) is 59.9 Å². The molecule has 1 aliphatic carbocycles. The molecule has 29 heavy (non-hydrogen) atoms. The number of rotatable bonds is 4. The van der Waals surface area contributed by atoms with Gasteiger partial charge in [-0.15, -0.1) is 0 Å². The number of aryl methyl sites for hydroxylation is 1. The van der Waals surface area contributed by atoms with Crippen LogP contribution in [0.3, 0.4) is 0 Å². The van der Waals surface area contributed by atoms with Crippen LogP contribution in [0.4, 0.5) is 4.39 Å². The zero-order chi connectivity index (χ0) is 20.0. The van der Waals surface area contributed by atoms with Gasteiger partial charge in [0.05, 0.1) is 29.2 Å². The van der Waals surface area contributed by atoms with Crippen molar-refractivity contribution in [2.45, 2.75) is 44.8 Å². The molecule has 1 fully saturated rings. The smallest absolute Gasteiger partial charge is 0.137 e. The fourth-order valence-electron chi connectivity index (χ4n) is 4.19. The van der Waals surface area contributed by atoms with Crippen molar-refractivity contribution in [3.8, 4) is 22.4 Å². The Morgan fingerprint density at radius 2 is 1.97 bits per heavy atom. The molecule has 7 heteroatoms. The van der Waals surface area contributed by atoms with Gasteiger partial charge in [0.15, 0.2) is 0 Å². The van der Waals surface area contributed by atoms with Gasteiger partial charge in [0.1, 0.15) is 11.3 Å². The number of imidazole rings is 1. The molecule has 0 spiro atoms. The van der Waals surface area contributed by atoms with E-state index in [1.807, 2.05) is 48.1 Å². The molecule has 5 nitrogen and oxygen atoms in total. The third kappa shape index (κ3) is 3.53. The van der Waals surface area contributed by atoms with Gasteiger partial charge in [-0.1, -0.05) is 24.4 Å². The first-order valence-electron chi connectivity index (χ1n) is 9.82. The van der Waals surface area contributed by atoms with Crippen LogP contribution in [-0.4, -0.2) is 29.8 Å². The lowest BCUT2D eigenvalue weighted by Gasteiger charge is -2.18. The maximum Gasteiger partial charge on any atom is 0.137 e. The lowest BCUT2D eigenvalue weighted by Crippen LogP contribution is -2.25. The van der Waals surface area contributed by atoms with Gasteiger partial charge in [-0.3, -0.25) is 9.67 Å². The second kappa shape index (κ2) is 6.95. The molecule has 4 aromatic rings. The monoisotopic (exact) mass is 409 g/mol. The summed E-state index contributed by atoms with van der Waals surface area (Å²) in [6, 6.07) is 5.90. The number of hydrogen-bond acceptors (Lipinski definition) is 3. The number of pyridine rings is 2. The number of hydrogen-bond donors (Lipinski definition) is 0. The zero-order valence-corrected chi connectivity index (χ0v) is 16.9. The number of halogens is 2. The Balaban J connectivity index is 1.54. The van der Waals surface area contributed by atoms with Crippen molar-refractivity contribution >= 4 is 17.2 Å². The number of alkyl halides is 1. The Morgan fingerprint density at radius 3 is 2.79 bits per heavy atom. The first-order valence-corrected chi connectivity index (χ1v) is 10.2. The largest absolute Gasteiger partial charge is 0.307 e. The molecule has 1 aliphatic rings. The molecule has 0 amide bonds. The van der Waals surface area contributed by atoms with Gasteiger partial charge in [0, 0.05) is 41.5 Å². The van der Waals surface area contributed by atoms with Gasteiger partial charge < -0.3 is 4.40 Å². The van der Waals surface area contributed by atoms with Crippen LogP contribution in [0.1, 0.15) is 31.4 Å². The highest BCUT2D eigenvalue weighted by Gasteiger charge is 2.34. The molecule has 148 valence electrons. The Labute approximate surface area is 173 Å². The lowest BCUT2D eigenvalue weighted by atomic mass is 10.0. The average Bonchev–Trinajstić information content (AvgIpc) is 3.40. The first-order chi connectivity index (χ1) is 14.0. The quantitative estimate of drug-likeness (QED) is 0.447. The standard InChI is InChI=1S/C22H21ClFN5/c1-15-12-28-7-4-16(8-20(28)27-15)21-19(9-18(23)11-25-21)17-10-26-29(13-17)14-22(24)5-2-3-6-22/h4,7-13H,2-3,5-6,14H2,1H3. The minimum atomic E-state index is -1.15. The molecule has 0 atom stereocenters. The molecule has 0 radical (unpaired) electrons. The van der Waals surface area contributed by atoms with Crippen LogP contribution < -0.4 is 0 Å². The molecule has 0 N–H and O–H groups in total. The van der Waals surface area contributed by atoms with Crippen LogP contribution in [0.25, 0.3) is 28.0 Å². The van der Waals surface area contributed by atoms with Crippen LogP contribution >= 0.6 is 11.6 Å². The number of fused-ring (bicyclic) bond motifs is 1. The van der Waals surface area contributed by atoms with E-state index in [4.69, 9.17) is 11.6 Å². The maximum atomic E-state index is 14.9. The van der Waals surface area contributed by atoms with Crippen molar-refractivity contribution in [1.29, 1.82) is 0 Å². The Hall–Kier alpha value is -2.73. The zero-order valence-electron chi connectivity index (χ0n) is 16.1. The minimum absolute atomic E-state index is 0.287. The summed E-state index contributed by atoms with van der Waals surface area (Å²) >= 11 is 6.25. The molecular formula is C22H21ClFN5. The first kappa shape index (κ1) is 18.3. The van der Waals surface area contributed by atoms with Crippen molar-refractivity contribution in [2.24, 2.45) is 0 Å². The normalized spacial score (nSPS) is 16.0. The summed E-state index contributed by atoms with van der Waals surface area (Å²) in [5.41, 5.74) is 4.15. The highest BCUT2D eigenvalue weighted by atomic mass is 35.5. The van der Waals surface area contributed by atoms with E-state index in [2.05, 4.69) is 15.1 Å². The molecular weight excluding hydrogens is 389 g/mol. The minimum Gasteiger partial charge on any atom is -0.307 e. The van der Waals surface area contributed by atoms with Crippen LogP contribution in [0.15, 0.2) is 49.2 Å². The van der Waals surface area contributed by atoms with Crippen LogP contribution in [0.2, 0.25) is 5.02 Å². The number of nitrogens with zero attached hydrogens (tertiary/aromatic N) is 5. The summed E-state index contributed by atoms with van der Waals surface area (Å²) in [6.45, 7) is 2.25. The number of aromatic nitrogens is 5. The topological polar surface area (TPSA) is 48.0 Å². The van der Waals surface area contributed by atoms with E-state index in [0.717, 1.165) is 46.6 Å². The van der Waals surface area contributed by atoms with E-state index in [0.29, 0.717) is 17.9 Å². The highest BCUT2D eigenvalue weighted by molar-refractivity contribution is 6.30. The molecule has 0 saturated heterocycles. The SMILES string of the molecule is Cc1cn2ccc(-c3ncc(Cl)cc3-c3cnn(CC4(F)CCCC4)c3)cc2n1. The predicted molar refractivity (Wildman–Crippen MR) is 112 cm³/mol. The third-order valence-electron chi connectivity index (χ3n) is 5.60. The van der Waals surface area contributed by atoms with E-state index in [1.54, 1.807) is 17.1 Å². The van der Waals surface area contributed by atoms with Crippen LogP contribution in [-0.2, 0) is 6.54 Å². The fourth-order valence-corrected chi connectivity index (χ4v) is 4.35. The highest BCUT2D eigenvalue weighted by Crippen LogP contribution is 2.36. The lowest BCUT2D eigenvalue weighted by molar-refractivity contribution is 0.139. The van der Waals surface area contributed by atoms with Gasteiger partial charge in [0.2, 0.25) is 0 Å². The van der Waals surface area contributed by atoms with Gasteiger partial charge in [0.25, 0.3) is 0 Å². The van der Waals surface area contributed by atoms with Crippen molar-refractivity contribution in [2.75, 3.05) is 0 Å². The average molecular weight is 410 g/mol. The van der Waals surface area contributed by atoms with Crippen molar-refractivity contribution in [1.82, 2.24) is 24.1 Å². The Bertz CT molecular complexity index is 1190. The van der Waals surface area contributed by atoms with Crippen LogP contribution in [0, 0.1) is 6.92 Å². The van der Waals surface area contributed by atoms with E-state index < -0.39 is 5.67 Å². The van der Waals surface area contributed by atoms with E-state index in [1.165, 1.54) is 0 Å². The van der Waals surface area contributed by atoms with Crippen molar-refractivity contribution < 1.29 is 4.39 Å². The molecule has 0 bridgehead atoms. The van der Waals surface area contributed by atoms with Gasteiger partial charge in [-0.05, 0) is 38.0 Å². The summed E-state index contributed by atoms with van der Waals surface area (Å²) in [7, 11) is 0. The summed E-state index contributed by atoms with van der Waals surface area (Å²) in [5.74, 6) is 0. The van der Waals surface area contributed by atoms with E-state index in [-0.39, 0.29) is 6.54 Å². The van der Waals surface area contributed by atoms with E-state index >= 15 is 0 Å². The predicted octanol–water partition coefficient (Wildman–Crippen LogP) is 5.50. The summed E-state index contributed by atoms with van der Waals surface area (Å²) in [5, 5.41) is 4.96. The Kier molecular flexibility index (Phi) is 4.39. The summed E-state index contributed by atoms with van der Waals surface area (Å²) in [6.07, 6.45) is 12.3. The van der Waals surface area contributed by atoms with Gasteiger partial charge >= 0.3 is 0 Å². The van der Waals surface area contributed by atoms with Gasteiger partial charge in [-0.25, -0.2) is 9.37 Å². The van der Waals surface area contributed by atoms with Crippen LogP contribution in [0.5, 0.6) is 0 Å². The maximum absolute atomic E-state index is 14.9. The van der Waals surface area contributed by atoms with Gasteiger partial charge in [-0.2, -0.15) is 5.10 Å². The molecule has 0 aromatic carbocycles. The molecule has 0 aliphatic heterocycles. The molecule has 1 saturated carbocycles.